The Morgan fingerprint density at radius 2 is 1.73 bits per heavy atom. The molecule has 0 radical (unpaired) electrons. The zero-order valence-corrected chi connectivity index (χ0v) is 15.3. The second kappa shape index (κ2) is 8.08. The number of benzene rings is 2. The van der Waals surface area contributed by atoms with Crippen molar-refractivity contribution in [3.8, 4) is 5.75 Å². The maximum atomic E-state index is 12.4. The molecule has 5 nitrogen and oxygen atoms in total. The van der Waals surface area contributed by atoms with Gasteiger partial charge in [0.15, 0.2) is 0 Å². The molecule has 0 aliphatic carbocycles. The summed E-state index contributed by atoms with van der Waals surface area (Å²) >= 11 is 11.8. The van der Waals surface area contributed by atoms with E-state index in [9.17, 15) is 4.79 Å². The molecule has 0 saturated carbocycles. The van der Waals surface area contributed by atoms with Crippen molar-refractivity contribution in [3.63, 3.8) is 0 Å². The molecule has 0 bridgehead atoms. The van der Waals surface area contributed by atoms with Crippen LogP contribution in [0.5, 0.6) is 5.75 Å². The zero-order valence-electron chi connectivity index (χ0n) is 13.8. The number of nitrogens with zero attached hydrogens (tertiary/aromatic N) is 1. The maximum Gasteiger partial charge on any atom is 0.257 e. The van der Waals surface area contributed by atoms with Crippen molar-refractivity contribution in [2.24, 2.45) is 0 Å². The monoisotopic (exact) mass is 387 g/mol. The molecule has 1 amide bonds. The van der Waals surface area contributed by atoms with Gasteiger partial charge >= 0.3 is 0 Å². The Kier molecular flexibility index (Phi) is 5.61. The van der Waals surface area contributed by atoms with E-state index in [1.54, 1.807) is 42.5 Å². The predicted octanol–water partition coefficient (Wildman–Crippen LogP) is 5.39. The fourth-order valence-corrected chi connectivity index (χ4v) is 2.55. The van der Waals surface area contributed by atoms with Gasteiger partial charge in [0.1, 0.15) is 11.6 Å². The molecule has 0 saturated heterocycles. The summed E-state index contributed by atoms with van der Waals surface area (Å²) in [7, 11) is 1.53. The van der Waals surface area contributed by atoms with Crippen LogP contribution < -0.4 is 15.4 Å². The lowest BCUT2D eigenvalue weighted by Gasteiger charge is -2.11. The van der Waals surface area contributed by atoms with Gasteiger partial charge < -0.3 is 15.4 Å². The van der Waals surface area contributed by atoms with Gasteiger partial charge in [0.05, 0.1) is 18.4 Å². The number of nitrogens with one attached hydrogen (secondary N) is 2. The van der Waals surface area contributed by atoms with Gasteiger partial charge in [0.25, 0.3) is 5.91 Å². The minimum atomic E-state index is -0.309. The molecule has 1 aromatic heterocycles. The smallest absolute Gasteiger partial charge is 0.257 e. The third-order valence-corrected chi connectivity index (χ3v) is 4.04. The number of methoxy groups -OCH3 is 1. The molecule has 2 aromatic carbocycles. The molecule has 2 N–H and O–H groups in total. The van der Waals surface area contributed by atoms with Crippen molar-refractivity contribution < 1.29 is 9.53 Å². The number of aromatic nitrogens is 1. The first-order valence-corrected chi connectivity index (χ1v) is 8.44. The van der Waals surface area contributed by atoms with Crippen LogP contribution in [-0.2, 0) is 0 Å². The molecule has 0 aliphatic heterocycles. The van der Waals surface area contributed by atoms with Crippen molar-refractivity contribution in [2.45, 2.75) is 0 Å². The number of amides is 1. The molecule has 132 valence electrons. The minimum absolute atomic E-state index is 0.309. The van der Waals surface area contributed by atoms with Gasteiger partial charge in [-0.2, -0.15) is 0 Å². The van der Waals surface area contributed by atoms with Crippen molar-refractivity contribution in [1.82, 2.24) is 4.98 Å². The van der Waals surface area contributed by atoms with E-state index in [2.05, 4.69) is 15.6 Å². The maximum absolute atomic E-state index is 12.4. The average Bonchev–Trinajstić information content (AvgIpc) is 2.64. The molecule has 3 aromatic rings. The minimum Gasteiger partial charge on any atom is -0.495 e. The number of pyridine rings is 1. The number of rotatable bonds is 5. The van der Waals surface area contributed by atoms with Gasteiger partial charge in [0, 0.05) is 21.9 Å². The van der Waals surface area contributed by atoms with E-state index in [1.165, 1.54) is 13.3 Å². The van der Waals surface area contributed by atoms with Crippen molar-refractivity contribution in [2.75, 3.05) is 17.7 Å². The average molecular weight is 388 g/mol. The summed E-state index contributed by atoms with van der Waals surface area (Å²) in [4.78, 5) is 16.7. The van der Waals surface area contributed by atoms with Crippen LogP contribution in [0.15, 0.2) is 60.8 Å². The molecule has 1 heterocycles. The summed E-state index contributed by atoms with van der Waals surface area (Å²) in [5, 5.41) is 7.07. The number of hydrogen-bond donors (Lipinski definition) is 2. The van der Waals surface area contributed by atoms with E-state index in [4.69, 9.17) is 27.9 Å². The normalized spacial score (nSPS) is 10.3. The van der Waals surface area contributed by atoms with E-state index in [-0.39, 0.29) is 5.91 Å². The van der Waals surface area contributed by atoms with Crippen LogP contribution in [0.25, 0.3) is 0 Å². The second-order valence-electron chi connectivity index (χ2n) is 5.36. The van der Waals surface area contributed by atoms with Crippen LogP contribution in [0.2, 0.25) is 10.0 Å². The largest absolute Gasteiger partial charge is 0.495 e. The summed E-state index contributed by atoms with van der Waals surface area (Å²) in [5.74, 6) is 0.831. The molecule has 0 atom stereocenters. The Morgan fingerprint density at radius 3 is 2.38 bits per heavy atom. The van der Waals surface area contributed by atoms with E-state index >= 15 is 0 Å². The lowest BCUT2D eigenvalue weighted by Crippen LogP contribution is -2.13. The number of carbonyl (C=O) groups is 1. The number of carbonyl (C=O) groups excluding carboxylic acids is 1. The fourth-order valence-electron chi connectivity index (χ4n) is 2.26. The highest BCUT2D eigenvalue weighted by Crippen LogP contribution is 2.28. The second-order valence-corrected chi connectivity index (χ2v) is 6.24. The van der Waals surface area contributed by atoms with Crippen LogP contribution in [-0.4, -0.2) is 18.0 Å². The third-order valence-electron chi connectivity index (χ3n) is 3.55. The van der Waals surface area contributed by atoms with E-state index in [0.29, 0.717) is 32.9 Å². The summed E-state index contributed by atoms with van der Waals surface area (Å²) in [6.45, 7) is 0. The van der Waals surface area contributed by atoms with Crippen LogP contribution >= 0.6 is 23.2 Å². The Balaban J connectivity index is 1.71. The van der Waals surface area contributed by atoms with E-state index < -0.39 is 0 Å². The molecule has 7 heteroatoms. The molecule has 0 fully saturated rings. The number of halogens is 2. The topological polar surface area (TPSA) is 63.2 Å². The molecular formula is C19H15Cl2N3O2. The van der Waals surface area contributed by atoms with Crippen LogP contribution in [0.1, 0.15) is 10.4 Å². The molecule has 0 aliphatic rings. The van der Waals surface area contributed by atoms with E-state index in [1.807, 2.05) is 12.1 Å². The fraction of sp³-hybridized carbons (Fsp3) is 0.0526. The van der Waals surface area contributed by atoms with Gasteiger partial charge in [-0.25, -0.2) is 4.98 Å². The summed E-state index contributed by atoms with van der Waals surface area (Å²) < 4.78 is 5.22. The first-order valence-electron chi connectivity index (χ1n) is 7.69. The number of ether oxygens (including phenoxy) is 1. The summed E-state index contributed by atoms with van der Waals surface area (Å²) in [6, 6.07) is 15.7. The van der Waals surface area contributed by atoms with Gasteiger partial charge in [-0.05, 0) is 54.6 Å². The highest BCUT2D eigenvalue weighted by Gasteiger charge is 2.11. The number of anilines is 3. The molecule has 26 heavy (non-hydrogen) atoms. The Labute approximate surface area is 160 Å². The predicted molar refractivity (Wildman–Crippen MR) is 105 cm³/mol. The molecule has 0 unspecified atom stereocenters. The van der Waals surface area contributed by atoms with Crippen LogP contribution in [0.4, 0.5) is 17.2 Å². The SMILES string of the molecule is COc1ccc(Cl)cc1NC(=O)c1ccc(Nc2ccc(Cl)cc2)nc1. The Bertz CT molecular complexity index is 913. The van der Waals surface area contributed by atoms with Crippen molar-refractivity contribution in [3.05, 3.63) is 76.4 Å². The Morgan fingerprint density at radius 1 is 1.00 bits per heavy atom. The first-order chi connectivity index (χ1) is 12.5. The summed E-state index contributed by atoms with van der Waals surface area (Å²) in [5.41, 5.74) is 1.75. The highest BCUT2D eigenvalue weighted by atomic mass is 35.5. The molecule has 0 spiro atoms. The first kappa shape index (κ1) is 18.0. The molecule has 3 rings (SSSR count). The van der Waals surface area contributed by atoms with Gasteiger partial charge in [0.2, 0.25) is 0 Å². The van der Waals surface area contributed by atoms with Crippen molar-refractivity contribution in [1.29, 1.82) is 0 Å². The third kappa shape index (κ3) is 4.45. The standard InChI is InChI=1S/C19H15Cl2N3O2/c1-26-17-8-5-14(21)10-16(17)24-19(25)12-2-9-18(22-11-12)23-15-6-3-13(20)4-7-15/h2-11H,1H3,(H,22,23)(H,24,25). The highest BCUT2D eigenvalue weighted by molar-refractivity contribution is 6.31. The lowest BCUT2D eigenvalue weighted by atomic mass is 10.2. The van der Waals surface area contributed by atoms with Crippen LogP contribution in [0, 0.1) is 0 Å². The lowest BCUT2D eigenvalue weighted by molar-refractivity contribution is 0.102. The zero-order chi connectivity index (χ0) is 18.5. The molecular weight excluding hydrogens is 373 g/mol. The van der Waals surface area contributed by atoms with Gasteiger partial charge in [-0.1, -0.05) is 23.2 Å². The number of hydrogen-bond acceptors (Lipinski definition) is 4. The van der Waals surface area contributed by atoms with Crippen molar-refractivity contribution >= 4 is 46.3 Å². The van der Waals surface area contributed by atoms with E-state index in [0.717, 1.165) is 5.69 Å². The Hall–Kier alpha value is -2.76. The van der Waals surface area contributed by atoms with Gasteiger partial charge in [-0.15, -0.1) is 0 Å². The quantitative estimate of drug-likeness (QED) is 0.615. The van der Waals surface area contributed by atoms with Crippen LogP contribution in [0.3, 0.4) is 0 Å². The van der Waals surface area contributed by atoms with Gasteiger partial charge in [-0.3, -0.25) is 4.79 Å². The summed E-state index contributed by atoms with van der Waals surface area (Å²) in [6.07, 6.45) is 1.49.